The molecular formula is C21H23F2N3O4. The van der Waals surface area contributed by atoms with Crippen molar-refractivity contribution in [2.24, 2.45) is 0 Å². The first kappa shape index (κ1) is 21.5. The van der Waals surface area contributed by atoms with Gasteiger partial charge in [0.15, 0.2) is 11.4 Å². The Morgan fingerprint density at radius 1 is 1.30 bits per heavy atom. The lowest BCUT2D eigenvalue weighted by Gasteiger charge is -2.20. The number of amides is 2. The van der Waals surface area contributed by atoms with E-state index in [1.54, 1.807) is 14.0 Å². The van der Waals surface area contributed by atoms with E-state index in [9.17, 15) is 28.3 Å². The van der Waals surface area contributed by atoms with Crippen molar-refractivity contribution in [2.75, 3.05) is 13.6 Å². The van der Waals surface area contributed by atoms with Gasteiger partial charge in [-0.1, -0.05) is 6.07 Å². The first-order valence-corrected chi connectivity index (χ1v) is 9.65. The molecule has 0 bridgehead atoms. The van der Waals surface area contributed by atoms with Gasteiger partial charge < -0.3 is 19.9 Å². The van der Waals surface area contributed by atoms with E-state index < -0.39 is 35.5 Å². The quantitative estimate of drug-likeness (QED) is 0.751. The van der Waals surface area contributed by atoms with Crippen LogP contribution in [0.1, 0.15) is 51.0 Å². The molecule has 9 heteroatoms. The summed E-state index contributed by atoms with van der Waals surface area (Å²) in [6, 6.07) is 3.57. The fraction of sp³-hybridized carbons (Fsp3) is 0.381. The molecule has 1 aliphatic heterocycles. The van der Waals surface area contributed by atoms with Crippen molar-refractivity contribution in [3.8, 4) is 5.75 Å². The van der Waals surface area contributed by atoms with Gasteiger partial charge in [-0.25, -0.2) is 8.78 Å². The van der Waals surface area contributed by atoms with Gasteiger partial charge in [0.2, 0.25) is 5.43 Å². The van der Waals surface area contributed by atoms with Gasteiger partial charge in [0.25, 0.3) is 11.8 Å². The second kappa shape index (κ2) is 8.64. The van der Waals surface area contributed by atoms with E-state index in [2.05, 4.69) is 5.32 Å². The maximum absolute atomic E-state index is 13.3. The molecule has 7 nitrogen and oxygen atoms in total. The van der Waals surface area contributed by atoms with Crippen LogP contribution in [0.15, 0.2) is 23.0 Å². The Morgan fingerprint density at radius 3 is 2.70 bits per heavy atom. The lowest BCUT2D eigenvalue weighted by molar-refractivity contribution is 0.0785. The summed E-state index contributed by atoms with van der Waals surface area (Å²) in [6.07, 6.45) is 1.02. The minimum absolute atomic E-state index is 0.101. The first-order chi connectivity index (χ1) is 14.3. The molecule has 0 atom stereocenters. The van der Waals surface area contributed by atoms with Crippen LogP contribution < -0.4 is 10.7 Å². The van der Waals surface area contributed by atoms with Crippen molar-refractivity contribution in [3.05, 3.63) is 62.3 Å². The maximum Gasteiger partial charge on any atom is 0.274 e. The molecule has 30 heavy (non-hydrogen) atoms. The maximum atomic E-state index is 13.3. The summed E-state index contributed by atoms with van der Waals surface area (Å²) in [5, 5.41) is 13.0. The molecule has 160 valence electrons. The molecule has 0 aliphatic carbocycles. The molecule has 1 aromatic carbocycles. The topological polar surface area (TPSA) is 91.6 Å². The molecule has 3 rings (SSSR count). The summed E-state index contributed by atoms with van der Waals surface area (Å²) in [7, 11) is 1.56. The molecular weight excluding hydrogens is 396 g/mol. The Kier molecular flexibility index (Phi) is 6.19. The highest BCUT2D eigenvalue weighted by molar-refractivity contribution is 5.99. The van der Waals surface area contributed by atoms with E-state index >= 15 is 0 Å². The van der Waals surface area contributed by atoms with E-state index in [0.29, 0.717) is 37.2 Å². The molecule has 2 amide bonds. The van der Waals surface area contributed by atoms with Crippen LogP contribution in [0.2, 0.25) is 0 Å². The number of nitrogens with one attached hydrogen (secondary N) is 1. The summed E-state index contributed by atoms with van der Waals surface area (Å²) in [4.78, 5) is 39.6. The van der Waals surface area contributed by atoms with E-state index in [1.165, 1.54) is 15.5 Å². The molecule has 2 heterocycles. The van der Waals surface area contributed by atoms with Gasteiger partial charge in [-0.2, -0.15) is 0 Å². The molecule has 0 saturated carbocycles. The van der Waals surface area contributed by atoms with Crippen molar-refractivity contribution >= 4 is 11.8 Å². The number of carbonyl (C=O) groups is 2. The molecule has 2 aromatic rings. The minimum Gasteiger partial charge on any atom is -0.503 e. The molecule has 1 aromatic heterocycles. The molecule has 0 unspecified atom stereocenters. The van der Waals surface area contributed by atoms with E-state index in [1.807, 2.05) is 0 Å². The predicted molar refractivity (Wildman–Crippen MR) is 106 cm³/mol. The van der Waals surface area contributed by atoms with E-state index in [0.717, 1.165) is 12.1 Å². The molecule has 0 radical (unpaired) electrons. The van der Waals surface area contributed by atoms with Crippen LogP contribution in [0.3, 0.4) is 0 Å². The van der Waals surface area contributed by atoms with Crippen LogP contribution >= 0.6 is 0 Å². The molecule has 0 fully saturated rings. The van der Waals surface area contributed by atoms with Crippen molar-refractivity contribution in [2.45, 2.75) is 39.5 Å². The van der Waals surface area contributed by atoms with Crippen LogP contribution in [-0.4, -0.2) is 40.0 Å². The molecule has 0 saturated heterocycles. The summed E-state index contributed by atoms with van der Waals surface area (Å²) < 4.78 is 27.9. The number of pyridine rings is 1. The lowest BCUT2D eigenvalue weighted by Crippen LogP contribution is -2.35. The van der Waals surface area contributed by atoms with Gasteiger partial charge in [-0.15, -0.1) is 0 Å². The van der Waals surface area contributed by atoms with Crippen LogP contribution in [0, 0.1) is 5.82 Å². The van der Waals surface area contributed by atoms with Crippen LogP contribution in [0.4, 0.5) is 8.78 Å². The van der Waals surface area contributed by atoms with E-state index in [-0.39, 0.29) is 23.4 Å². The first-order valence-electron chi connectivity index (χ1n) is 9.65. The molecule has 0 spiro atoms. The van der Waals surface area contributed by atoms with Gasteiger partial charge >= 0.3 is 0 Å². The van der Waals surface area contributed by atoms with Crippen molar-refractivity contribution in [1.82, 2.24) is 14.8 Å². The number of hydrogen-bond acceptors (Lipinski definition) is 4. The van der Waals surface area contributed by atoms with Crippen LogP contribution in [0.5, 0.6) is 5.75 Å². The smallest absolute Gasteiger partial charge is 0.274 e. The number of alkyl halides is 1. The Hall–Kier alpha value is -3.23. The zero-order chi connectivity index (χ0) is 22.0. The zero-order valence-electron chi connectivity index (χ0n) is 16.8. The van der Waals surface area contributed by atoms with Crippen molar-refractivity contribution in [3.63, 3.8) is 0 Å². The Labute approximate surface area is 171 Å². The summed E-state index contributed by atoms with van der Waals surface area (Å²) in [5.74, 6) is -2.59. The van der Waals surface area contributed by atoms with E-state index in [4.69, 9.17) is 0 Å². The van der Waals surface area contributed by atoms with Gasteiger partial charge in [0.1, 0.15) is 18.1 Å². The highest BCUT2D eigenvalue weighted by Crippen LogP contribution is 2.26. The number of carbonyl (C=O) groups excluding carboxylic acids is 2. The third kappa shape index (κ3) is 3.79. The highest BCUT2D eigenvalue weighted by atomic mass is 19.1. The van der Waals surface area contributed by atoms with Gasteiger partial charge in [0.05, 0.1) is 0 Å². The van der Waals surface area contributed by atoms with Crippen molar-refractivity contribution in [1.29, 1.82) is 0 Å². The Bertz CT molecular complexity index is 1070. The second-order valence-electron chi connectivity index (χ2n) is 7.15. The fourth-order valence-electron chi connectivity index (χ4n) is 3.60. The lowest BCUT2D eigenvalue weighted by atomic mass is 10.1. The van der Waals surface area contributed by atoms with Crippen LogP contribution in [-0.2, 0) is 26.2 Å². The number of fused-ring (bicyclic) bond motifs is 1. The largest absolute Gasteiger partial charge is 0.503 e. The Morgan fingerprint density at radius 2 is 2.03 bits per heavy atom. The highest BCUT2D eigenvalue weighted by Gasteiger charge is 2.31. The minimum atomic E-state index is -0.918. The van der Waals surface area contributed by atoms with Gasteiger partial charge in [-0.05, 0) is 43.0 Å². The predicted octanol–water partition coefficient (Wildman–Crippen LogP) is 2.13. The number of hydrogen-bond donors (Lipinski definition) is 2. The SMILES string of the molecule is CCN(C)C(=O)c1c(O)c(=O)c(C(=O)NCc2ccc(F)cc2CF)c2n1CCC2. The fourth-order valence-corrected chi connectivity index (χ4v) is 3.60. The number of aromatic nitrogens is 1. The number of halogens is 2. The number of benzene rings is 1. The second-order valence-corrected chi connectivity index (χ2v) is 7.15. The third-order valence-corrected chi connectivity index (χ3v) is 5.35. The van der Waals surface area contributed by atoms with Gasteiger partial charge in [0, 0.05) is 32.4 Å². The Balaban J connectivity index is 1.96. The molecule has 2 N–H and O–H groups in total. The number of aromatic hydroxyl groups is 1. The summed E-state index contributed by atoms with van der Waals surface area (Å²) in [5.41, 5.74) is -0.407. The zero-order valence-corrected chi connectivity index (χ0v) is 16.8. The third-order valence-electron chi connectivity index (χ3n) is 5.35. The number of nitrogens with zero attached hydrogens (tertiary/aromatic N) is 2. The normalized spacial score (nSPS) is 12.5. The summed E-state index contributed by atoms with van der Waals surface area (Å²) in [6.45, 7) is 1.53. The number of rotatable bonds is 6. The van der Waals surface area contributed by atoms with Gasteiger partial charge in [-0.3, -0.25) is 14.4 Å². The van der Waals surface area contributed by atoms with Crippen molar-refractivity contribution < 1.29 is 23.5 Å². The average molecular weight is 419 g/mol. The van der Waals surface area contributed by atoms with Crippen LogP contribution in [0.25, 0.3) is 0 Å². The molecule has 1 aliphatic rings. The monoisotopic (exact) mass is 419 g/mol. The summed E-state index contributed by atoms with van der Waals surface area (Å²) >= 11 is 0. The standard InChI is InChI=1S/C21H23F2N3O4/c1-3-25(2)21(30)17-19(28)18(27)16(15-5-4-8-26(15)17)20(29)24-11-12-6-7-14(23)9-13(12)10-22/h6-7,9,28H,3-5,8,10-11H2,1-2H3,(H,24,29). The average Bonchev–Trinajstić information content (AvgIpc) is 3.21.